The van der Waals surface area contributed by atoms with Crippen molar-refractivity contribution in [3.05, 3.63) is 34.6 Å². The first-order valence-corrected chi connectivity index (χ1v) is 5.49. The van der Waals surface area contributed by atoms with Crippen LogP contribution in [0.2, 0.25) is 5.02 Å². The number of benzene rings is 1. The van der Waals surface area contributed by atoms with Crippen molar-refractivity contribution in [3.8, 4) is 0 Å². The Morgan fingerprint density at radius 3 is 2.93 bits per heavy atom. The molecule has 1 fully saturated rings. The van der Waals surface area contributed by atoms with Crippen LogP contribution in [0.3, 0.4) is 0 Å². The molecule has 0 aliphatic heterocycles. The average Bonchev–Trinajstić information content (AvgIpc) is 2.59. The predicted molar refractivity (Wildman–Crippen MR) is 57.5 cm³/mol. The molecule has 3 heteroatoms. The Labute approximate surface area is 93.2 Å². The van der Waals surface area contributed by atoms with E-state index in [9.17, 15) is 9.18 Å². The van der Waals surface area contributed by atoms with Gasteiger partial charge in [0.05, 0.1) is 5.02 Å². The first kappa shape index (κ1) is 10.6. The van der Waals surface area contributed by atoms with Crippen molar-refractivity contribution in [2.75, 3.05) is 0 Å². The summed E-state index contributed by atoms with van der Waals surface area (Å²) in [4.78, 5) is 11.1. The van der Waals surface area contributed by atoms with Crippen LogP contribution in [0.15, 0.2) is 18.2 Å². The maximum atomic E-state index is 13.5. The van der Waals surface area contributed by atoms with Crippen LogP contribution in [-0.4, -0.2) is 5.78 Å². The molecule has 80 valence electrons. The molecule has 0 spiro atoms. The SMILES string of the molecule is O=C1CCC(Cc2cccc(Cl)c2F)C1. The summed E-state index contributed by atoms with van der Waals surface area (Å²) in [5.41, 5.74) is 0.627. The largest absolute Gasteiger partial charge is 0.300 e. The third-order valence-corrected chi connectivity index (χ3v) is 3.18. The first-order chi connectivity index (χ1) is 7.16. The summed E-state index contributed by atoms with van der Waals surface area (Å²) in [6.07, 6.45) is 2.74. The lowest BCUT2D eigenvalue weighted by Gasteiger charge is -2.09. The van der Waals surface area contributed by atoms with Crippen LogP contribution < -0.4 is 0 Å². The molecule has 1 aliphatic rings. The normalized spacial score (nSPS) is 20.9. The van der Waals surface area contributed by atoms with Crippen molar-refractivity contribution in [1.82, 2.24) is 0 Å². The van der Waals surface area contributed by atoms with E-state index in [1.54, 1.807) is 18.2 Å². The maximum Gasteiger partial charge on any atom is 0.144 e. The van der Waals surface area contributed by atoms with Crippen LogP contribution in [0.5, 0.6) is 0 Å². The maximum absolute atomic E-state index is 13.5. The Kier molecular flexibility index (Phi) is 3.06. The van der Waals surface area contributed by atoms with Gasteiger partial charge in [-0.15, -0.1) is 0 Å². The number of Topliss-reactive ketones (excluding diaryl/α,β-unsaturated/α-hetero) is 1. The third-order valence-electron chi connectivity index (χ3n) is 2.89. The lowest BCUT2D eigenvalue weighted by Crippen LogP contribution is -2.02. The summed E-state index contributed by atoms with van der Waals surface area (Å²) in [7, 11) is 0. The molecule has 1 unspecified atom stereocenters. The molecule has 15 heavy (non-hydrogen) atoms. The van der Waals surface area contributed by atoms with Gasteiger partial charge in [0, 0.05) is 12.8 Å². The molecular weight excluding hydrogens is 215 g/mol. The standard InChI is InChI=1S/C12H12ClFO/c13-11-3-1-2-9(12(11)14)6-8-4-5-10(15)7-8/h1-3,8H,4-7H2. The molecule has 0 aromatic heterocycles. The van der Waals surface area contributed by atoms with Crippen LogP contribution in [0, 0.1) is 11.7 Å². The topological polar surface area (TPSA) is 17.1 Å². The zero-order valence-corrected chi connectivity index (χ0v) is 9.06. The van der Waals surface area contributed by atoms with Gasteiger partial charge in [0.2, 0.25) is 0 Å². The molecule has 0 heterocycles. The van der Waals surface area contributed by atoms with Crippen LogP contribution in [-0.2, 0) is 11.2 Å². The minimum atomic E-state index is -0.335. The van der Waals surface area contributed by atoms with E-state index >= 15 is 0 Å². The van der Waals surface area contributed by atoms with Crippen molar-refractivity contribution >= 4 is 17.4 Å². The lowest BCUT2D eigenvalue weighted by atomic mass is 9.98. The fraction of sp³-hybridized carbons (Fsp3) is 0.417. The van der Waals surface area contributed by atoms with Gasteiger partial charge >= 0.3 is 0 Å². The number of carbonyl (C=O) groups excluding carboxylic acids is 1. The number of ketones is 1. The Morgan fingerprint density at radius 2 is 2.27 bits per heavy atom. The van der Waals surface area contributed by atoms with Crippen molar-refractivity contribution in [2.24, 2.45) is 5.92 Å². The Morgan fingerprint density at radius 1 is 1.47 bits per heavy atom. The summed E-state index contributed by atoms with van der Waals surface area (Å²) in [5.74, 6) is 0.256. The second-order valence-electron chi connectivity index (χ2n) is 4.06. The summed E-state index contributed by atoms with van der Waals surface area (Å²) in [6, 6.07) is 5.03. The van der Waals surface area contributed by atoms with Gasteiger partial charge < -0.3 is 0 Å². The summed E-state index contributed by atoms with van der Waals surface area (Å²) < 4.78 is 13.5. The average molecular weight is 227 g/mol. The van der Waals surface area contributed by atoms with Gasteiger partial charge in [-0.05, 0) is 30.4 Å². The van der Waals surface area contributed by atoms with Crippen LogP contribution >= 0.6 is 11.6 Å². The second kappa shape index (κ2) is 4.31. The molecule has 0 saturated heterocycles. The quantitative estimate of drug-likeness (QED) is 0.756. The summed E-state index contributed by atoms with van der Waals surface area (Å²) >= 11 is 5.69. The Hall–Kier alpha value is -0.890. The molecule has 1 aromatic rings. The zero-order valence-electron chi connectivity index (χ0n) is 8.30. The zero-order chi connectivity index (χ0) is 10.8. The number of hydrogen-bond donors (Lipinski definition) is 0. The Bertz CT molecular complexity index is 389. The second-order valence-corrected chi connectivity index (χ2v) is 4.47. The van der Waals surface area contributed by atoms with E-state index in [1.807, 2.05) is 0 Å². The monoisotopic (exact) mass is 226 g/mol. The van der Waals surface area contributed by atoms with E-state index in [1.165, 1.54) is 0 Å². The molecular formula is C12H12ClFO. The molecule has 1 saturated carbocycles. The lowest BCUT2D eigenvalue weighted by molar-refractivity contribution is -0.117. The molecule has 0 bridgehead atoms. The molecule has 0 amide bonds. The molecule has 2 rings (SSSR count). The van der Waals surface area contributed by atoms with Crippen molar-refractivity contribution in [2.45, 2.75) is 25.7 Å². The molecule has 0 N–H and O–H groups in total. The van der Waals surface area contributed by atoms with Gasteiger partial charge in [-0.3, -0.25) is 4.79 Å². The van der Waals surface area contributed by atoms with Crippen LogP contribution in [0.25, 0.3) is 0 Å². The molecule has 0 radical (unpaired) electrons. The van der Waals surface area contributed by atoms with Crippen molar-refractivity contribution < 1.29 is 9.18 Å². The van der Waals surface area contributed by atoms with E-state index < -0.39 is 0 Å². The van der Waals surface area contributed by atoms with E-state index in [0.29, 0.717) is 36.5 Å². The van der Waals surface area contributed by atoms with Gasteiger partial charge in [0.1, 0.15) is 11.6 Å². The number of halogens is 2. The van der Waals surface area contributed by atoms with Crippen LogP contribution in [0.4, 0.5) is 4.39 Å². The first-order valence-electron chi connectivity index (χ1n) is 5.11. The molecule has 1 atom stereocenters. The number of hydrogen-bond acceptors (Lipinski definition) is 1. The molecule has 1 nitrogen and oxygen atoms in total. The minimum Gasteiger partial charge on any atom is -0.300 e. The van der Waals surface area contributed by atoms with Gasteiger partial charge in [-0.25, -0.2) is 4.39 Å². The smallest absolute Gasteiger partial charge is 0.144 e. The summed E-state index contributed by atoms with van der Waals surface area (Å²) in [6.45, 7) is 0. The predicted octanol–water partition coefficient (Wildman–Crippen LogP) is 3.39. The fourth-order valence-electron chi connectivity index (χ4n) is 2.08. The molecule has 1 aromatic carbocycles. The van der Waals surface area contributed by atoms with E-state index in [4.69, 9.17) is 11.6 Å². The highest BCUT2D eigenvalue weighted by atomic mass is 35.5. The van der Waals surface area contributed by atoms with E-state index in [0.717, 1.165) is 6.42 Å². The van der Waals surface area contributed by atoms with E-state index in [-0.39, 0.29) is 10.8 Å². The van der Waals surface area contributed by atoms with Crippen molar-refractivity contribution in [1.29, 1.82) is 0 Å². The highest BCUT2D eigenvalue weighted by Crippen LogP contribution is 2.28. The highest BCUT2D eigenvalue weighted by molar-refractivity contribution is 6.30. The fourth-order valence-corrected chi connectivity index (χ4v) is 2.28. The molecule has 1 aliphatic carbocycles. The third kappa shape index (κ3) is 2.37. The van der Waals surface area contributed by atoms with Gasteiger partial charge in [-0.2, -0.15) is 0 Å². The number of carbonyl (C=O) groups is 1. The summed E-state index contributed by atoms with van der Waals surface area (Å²) in [5, 5.41) is 0.164. The van der Waals surface area contributed by atoms with Gasteiger partial charge in [0.25, 0.3) is 0 Å². The minimum absolute atomic E-state index is 0.164. The van der Waals surface area contributed by atoms with Crippen molar-refractivity contribution in [3.63, 3.8) is 0 Å². The van der Waals surface area contributed by atoms with Gasteiger partial charge in [0.15, 0.2) is 0 Å². The highest BCUT2D eigenvalue weighted by Gasteiger charge is 2.23. The van der Waals surface area contributed by atoms with Gasteiger partial charge in [-0.1, -0.05) is 23.7 Å². The van der Waals surface area contributed by atoms with Crippen LogP contribution in [0.1, 0.15) is 24.8 Å². The number of rotatable bonds is 2. The Balaban J connectivity index is 2.11. The van der Waals surface area contributed by atoms with E-state index in [2.05, 4.69) is 0 Å².